The van der Waals surface area contributed by atoms with Crippen LogP contribution < -0.4 is 10.6 Å². The fraction of sp³-hybridized carbons (Fsp3) is 0.417. The first kappa shape index (κ1) is 23.9. The van der Waals surface area contributed by atoms with E-state index in [-0.39, 0.29) is 42.1 Å². The van der Waals surface area contributed by atoms with Gasteiger partial charge in [0, 0.05) is 38.5 Å². The summed E-state index contributed by atoms with van der Waals surface area (Å²) in [6.07, 6.45) is 2.50. The predicted molar refractivity (Wildman–Crippen MR) is 123 cm³/mol. The molecule has 1 saturated heterocycles. The molecule has 1 aliphatic rings. The summed E-state index contributed by atoms with van der Waals surface area (Å²) in [6.45, 7) is 1.34. The minimum atomic E-state index is -3.69. The number of amides is 2. The van der Waals surface area contributed by atoms with E-state index in [0.717, 1.165) is 12.0 Å². The topological polar surface area (TPSA) is 95.6 Å². The molecule has 2 amide bonds. The van der Waals surface area contributed by atoms with Crippen LogP contribution in [0.15, 0.2) is 65.6 Å². The van der Waals surface area contributed by atoms with E-state index in [1.165, 1.54) is 4.31 Å². The van der Waals surface area contributed by atoms with Gasteiger partial charge in [0.15, 0.2) is 0 Å². The van der Waals surface area contributed by atoms with Crippen LogP contribution in [0.25, 0.3) is 0 Å². The Morgan fingerprint density at radius 2 is 1.69 bits per heavy atom. The van der Waals surface area contributed by atoms with Crippen LogP contribution in [0.4, 0.5) is 0 Å². The Balaban J connectivity index is 1.61. The Kier molecular flexibility index (Phi) is 8.81. The van der Waals surface area contributed by atoms with Crippen molar-refractivity contribution < 1.29 is 18.0 Å². The maximum atomic E-state index is 13.0. The summed E-state index contributed by atoms with van der Waals surface area (Å²) in [4.78, 5) is 25.2. The van der Waals surface area contributed by atoms with Gasteiger partial charge >= 0.3 is 0 Å². The average Bonchev–Trinajstić information content (AvgIpc) is 2.85. The molecule has 1 unspecified atom stereocenters. The maximum Gasteiger partial charge on any atom is 0.243 e. The lowest BCUT2D eigenvalue weighted by atomic mass is 9.98. The van der Waals surface area contributed by atoms with Gasteiger partial charge in [0.1, 0.15) is 0 Å². The second-order valence-corrected chi connectivity index (χ2v) is 9.91. The highest BCUT2D eigenvalue weighted by molar-refractivity contribution is 7.89. The van der Waals surface area contributed by atoms with Gasteiger partial charge in [-0.1, -0.05) is 48.5 Å². The number of carbonyl (C=O) groups excluding carboxylic acids is 2. The van der Waals surface area contributed by atoms with E-state index < -0.39 is 10.0 Å². The Bertz CT molecular complexity index is 981. The summed E-state index contributed by atoms with van der Waals surface area (Å²) in [7, 11) is -3.69. The first-order valence-corrected chi connectivity index (χ1v) is 12.5. The first-order valence-electron chi connectivity index (χ1n) is 11.1. The molecule has 32 heavy (non-hydrogen) atoms. The standard InChI is InChI=1S/C24H31N3O4S/c28-23-15-19-27(32(30,31)22-11-5-2-6-12-22)18-7-10-21(14-17-25-23)24(29)26-16-13-20-8-3-1-4-9-20/h1-6,8-9,11-12,21H,7,10,13-19H2,(H,25,28)(H,26,29). The summed E-state index contributed by atoms with van der Waals surface area (Å²) < 4.78 is 27.5. The molecule has 0 spiro atoms. The van der Waals surface area contributed by atoms with Gasteiger partial charge in [-0.15, -0.1) is 0 Å². The van der Waals surface area contributed by atoms with Crippen LogP contribution in [0, 0.1) is 5.92 Å². The number of hydrogen-bond donors (Lipinski definition) is 2. The third-order valence-corrected chi connectivity index (χ3v) is 7.58. The van der Waals surface area contributed by atoms with E-state index in [1.807, 2.05) is 30.3 Å². The van der Waals surface area contributed by atoms with Crippen molar-refractivity contribution in [2.24, 2.45) is 5.92 Å². The highest BCUT2D eigenvalue weighted by Crippen LogP contribution is 2.19. The predicted octanol–water partition coefficient (Wildman–Crippen LogP) is 2.34. The van der Waals surface area contributed by atoms with Crippen LogP contribution in [0.1, 0.15) is 31.2 Å². The Morgan fingerprint density at radius 1 is 1.00 bits per heavy atom. The molecular formula is C24H31N3O4S. The van der Waals surface area contributed by atoms with Crippen LogP contribution in [0.3, 0.4) is 0 Å². The lowest BCUT2D eigenvalue weighted by molar-refractivity contribution is -0.126. The summed E-state index contributed by atoms with van der Waals surface area (Å²) in [5, 5.41) is 5.81. The van der Waals surface area contributed by atoms with Gasteiger partial charge in [-0.2, -0.15) is 4.31 Å². The SMILES string of the molecule is O=C1CCN(S(=O)(=O)c2ccccc2)CCCC(C(=O)NCCc2ccccc2)CCN1. The largest absolute Gasteiger partial charge is 0.356 e. The van der Waals surface area contributed by atoms with Crippen LogP contribution in [0.2, 0.25) is 0 Å². The number of hydrogen-bond acceptors (Lipinski definition) is 4. The third kappa shape index (κ3) is 6.90. The highest BCUT2D eigenvalue weighted by Gasteiger charge is 2.26. The number of nitrogens with one attached hydrogen (secondary N) is 2. The zero-order valence-electron chi connectivity index (χ0n) is 18.2. The summed E-state index contributed by atoms with van der Waals surface area (Å²) in [6, 6.07) is 18.2. The molecule has 1 aliphatic heterocycles. The van der Waals surface area contributed by atoms with E-state index in [2.05, 4.69) is 10.6 Å². The van der Waals surface area contributed by atoms with E-state index in [9.17, 15) is 18.0 Å². The van der Waals surface area contributed by atoms with Crippen molar-refractivity contribution in [2.75, 3.05) is 26.2 Å². The molecule has 8 heteroatoms. The Labute approximate surface area is 190 Å². The van der Waals surface area contributed by atoms with Gasteiger partial charge < -0.3 is 10.6 Å². The molecule has 0 aliphatic carbocycles. The van der Waals surface area contributed by atoms with Gasteiger partial charge in [0.25, 0.3) is 0 Å². The lowest BCUT2D eigenvalue weighted by Crippen LogP contribution is -2.35. The fourth-order valence-electron chi connectivity index (χ4n) is 3.83. The fourth-order valence-corrected chi connectivity index (χ4v) is 5.33. The number of carbonyl (C=O) groups is 2. The van der Waals surface area contributed by atoms with E-state index in [0.29, 0.717) is 32.4 Å². The van der Waals surface area contributed by atoms with E-state index in [4.69, 9.17) is 0 Å². The average molecular weight is 458 g/mol. The molecule has 172 valence electrons. The van der Waals surface area contributed by atoms with E-state index in [1.54, 1.807) is 30.3 Å². The van der Waals surface area contributed by atoms with Gasteiger partial charge in [0.2, 0.25) is 21.8 Å². The quantitative estimate of drug-likeness (QED) is 0.696. The molecule has 3 rings (SSSR count). The maximum absolute atomic E-state index is 13.0. The van der Waals surface area contributed by atoms with Gasteiger partial charge in [-0.25, -0.2) is 8.42 Å². The van der Waals surface area contributed by atoms with Crippen molar-refractivity contribution in [3.63, 3.8) is 0 Å². The normalized spacial score (nSPS) is 18.9. The zero-order valence-corrected chi connectivity index (χ0v) is 19.0. The van der Waals surface area contributed by atoms with E-state index >= 15 is 0 Å². The summed E-state index contributed by atoms with van der Waals surface area (Å²) in [5.74, 6) is -0.527. The first-order chi connectivity index (χ1) is 15.5. The van der Waals surface area contributed by atoms with Crippen molar-refractivity contribution in [1.29, 1.82) is 0 Å². The zero-order chi connectivity index (χ0) is 22.8. The molecule has 2 aromatic carbocycles. The molecule has 2 N–H and O–H groups in total. The van der Waals surface area contributed by atoms with Crippen LogP contribution >= 0.6 is 0 Å². The molecule has 1 atom stereocenters. The minimum absolute atomic E-state index is 0.0492. The van der Waals surface area contributed by atoms with Crippen molar-refractivity contribution in [3.05, 3.63) is 66.2 Å². The van der Waals surface area contributed by atoms with Crippen molar-refractivity contribution in [1.82, 2.24) is 14.9 Å². The second kappa shape index (κ2) is 11.8. The number of sulfonamides is 1. The lowest BCUT2D eigenvalue weighted by Gasteiger charge is -2.22. The van der Waals surface area contributed by atoms with Gasteiger partial charge in [-0.3, -0.25) is 9.59 Å². The van der Waals surface area contributed by atoms with Gasteiger partial charge in [0.05, 0.1) is 4.90 Å². The molecule has 0 saturated carbocycles. The molecule has 0 bridgehead atoms. The molecule has 0 radical (unpaired) electrons. The smallest absolute Gasteiger partial charge is 0.243 e. The molecular weight excluding hydrogens is 426 g/mol. The molecule has 1 fully saturated rings. The molecule has 2 aromatic rings. The molecule has 7 nitrogen and oxygen atoms in total. The highest BCUT2D eigenvalue weighted by atomic mass is 32.2. The van der Waals surface area contributed by atoms with Crippen molar-refractivity contribution in [3.8, 4) is 0 Å². The number of nitrogens with zero attached hydrogens (tertiary/aromatic N) is 1. The Morgan fingerprint density at radius 3 is 2.41 bits per heavy atom. The van der Waals surface area contributed by atoms with Crippen LogP contribution in [-0.4, -0.2) is 50.7 Å². The van der Waals surface area contributed by atoms with Crippen LogP contribution in [0.5, 0.6) is 0 Å². The molecule has 0 aromatic heterocycles. The number of rotatable bonds is 6. The minimum Gasteiger partial charge on any atom is -0.356 e. The molecule has 1 heterocycles. The second-order valence-electron chi connectivity index (χ2n) is 7.97. The summed E-state index contributed by atoms with van der Waals surface area (Å²) in [5.41, 5.74) is 1.16. The Hall–Kier alpha value is -2.71. The third-order valence-electron chi connectivity index (χ3n) is 5.67. The summed E-state index contributed by atoms with van der Waals surface area (Å²) >= 11 is 0. The van der Waals surface area contributed by atoms with Crippen molar-refractivity contribution in [2.45, 2.75) is 37.0 Å². The monoisotopic (exact) mass is 457 g/mol. The number of benzene rings is 2. The van der Waals surface area contributed by atoms with Crippen molar-refractivity contribution >= 4 is 21.8 Å². The van der Waals surface area contributed by atoms with Crippen LogP contribution in [-0.2, 0) is 26.0 Å². The van der Waals surface area contributed by atoms with Gasteiger partial charge in [-0.05, 0) is 43.4 Å².